The number of aromatic nitrogens is 2. The summed E-state index contributed by atoms with van der Waals surface area (Å²) in [6.07, 6.45) is 3.45. The number of ether oxygens (including phenoxy) is 1. The zero-order valence-corrected chi connectivity index (χ0v) is 18.9. The zero-order valence-electron chi connectivity index (χ0n) is 17.4. The smallest absolute Gasteiger partial charge is 0.255 e. The summed E-state index contributed by atoms with van der Waals surface area (Å²) in [6, 6.07) is 20.7. The second kappa shape index (κ2) is 9.90. The topological polar surface area (TPSA) is 56.2 Å². The molecule has 7 heteroatoms. The quantitative estimate of drug-likeness (QED) is 0.344. The highest BCUT2D eigenvalue weighted by Gasteiger charge is 2.10. The molecule has 0 aliphatic carbocycles. The van der Waals surface area contributed by atoms with Crippen LogP contribution in [0.4, 0.5) is 5.69 Å². The number of hydrogen-bond donors (Lipinski definition) is 1. The number of amides is 1. The highest BCUT2D eigenvalue weighted by Crippen LogP contribution is 2.32. The van der Waals surface area contributed by atoms with Crippen molar-refractivity contribution in [2.24, 2.45) is 0 Å². The molecule has 0 saturated heterocycles. The molecule has 0 unspecified atom stereocenters. The largest absolute Gasteiger partial charge is 0.487 e. The summed E-state index contributed by atoms with van der Waals surface area (Å²) in [5, 5.41) is 8.03. The van der Waals surface area contributed by atoms with E-state index in [0.717, 1.165) is 11.1 Å². The van der Waals surface area contributed by atoms with E-state index in [2.05, 4.69) is 35.5 Å². The Labute approximate surface area is 196 Å². The van der Waals surface area contributed by atoms with Gasteiger partial charge in [-0.05, 0) is 42.3 Å². The molecule has 0 bridgehead atoms. The lowest BCUT2D eigenvalue weighted by Gasteiger charge is -2.10. The van der Waals surface area contributed by atoms with Crippen molar-refractivity contribution in [1.82, 2.24) is 9.78 Å². The molecule has 1 N–H and O–H groups in total. The first-order chi connectivity index (χ1) is 15.5. The number of halogens is 2. The average molecular weight is 466 g/mol. The van der Waals surface area contributed by atoms with Gasteiger partial charge in [0, 0.05) is 11.8 Å². The standard InChI is InChI=1S/C25H21Cl2N3O2/c1-17-5-2-6-18(11-17)14-30-15-21(13-28-30)29-25(31)20-8-3-7-19(12-20)16-32-23-10-4-9-22(26)24(23)27/h2-13,15H,14,16H2,1H3,(H,29,31). The molecule has 0 aliphatic rings. The molecule has 32 heavy (non-hydrogen) atoms. The van der Waals surface area contributed by atoms with E-state index in [-0.39, 0.29) is 12.5 Å². The van der Waals surface area contributed by atoms with Crippen LogP contribution in [0.25, 0.3) is 0 Å². The maximum absolute atomic E-state index is 12.7. The van der Waals surface area contributed by atoms with Gasteiger partial charge in [0.25, 0.3) is 5.91 Å². The van der Waals surface area contributed by atoms with Gasteiger partial charge >= 0.3 is 0 Å². The van der Waals surface area contributed by atoms with Crippen LogP contribution in [0, 0.1) is 6.92 Å². The highest BCUT2D eigenvalue weighted by atomic mass is 35.5. The van der Waals surface area contributed by atoms with Gasteiger partial charge in [0.15, 0.2) is 0 Å². The van der Waals surface area contributed by atoms with Crippen LogP contribution in [0.15, 0.2) is 79.1 Å². The minimum atomic E-state index is -0.220. The summed E-state index contributed by atoms with van der Waals surface area (Å²) < 4.78 is 7.56. The molecule has 0 radical (unpaired) electrons. The van der Waals surface area contributed by atoms with Crippen LogP contribution in [0.3, 0.4) is 0 Å². The van der Waals surface area contributed by atoms with Crippen LogP contribution in [0.2, 0.25) is 10.0 Å². The van der Waals surface area contributed by atoms with Crippen LogP contribution in [0.1, 0.15) is 27.0 Å². The summed E-state index contributed by atoms with van der Waals surface area (Å²) in [4.78, 5) is 12.7. The summed E-state index contributed by atoms with van der Waals surface area (Å²) >= 11 is 12.2. The second-order valence-electron chi connectivity index (χ2n) is 7.41. The predicted molar refractivity (Wildman–Crippen MR) is 128 cm³/mol. The Balaban J connectivity index is 1.39. The number of nitrogens with zero attached hydrogens (tertiary/aromatic N) is 2. The number of aryl methyl sites for hydroxylation is 1. The van der Waals surface area contributed by atoms with Crippen molar-refractivity contribution >= 4 is 34.8 Å². The Morgan fingerprint density at radius 3 is 2.66 bits per heavy atom. The number of anilines is 1. The SMILES string of the molecule is Cc1cccc(Cn2cc(NC(=O)c3cccc(COc4cccc(Cl)c4Cl)c3)cn2)c1. The molecule has 1 heterocycles. The molecule has 0 fully saturated rings. The van der Waals surface area contributed by atoms with Crippen LogP contribution in [-0.4, -0.2) is 15.7 Å². The van der Waals surface area contributed by atoms with E-state index in [9.17, 15) is 4.79 Å². The molecule has 0 saturated carbocycles. The van der Waals surface area contributed by atoms with E-state index in [1.165, 1.54) is 5.56 Å². The third-order valence-corrected chi connectivity index (χ3v) is 5.62. The van der Waals surface area contributed by atoms with E-state index in [1.54, 1.807) is 41.2 Å². The van der Waals surface area contributed by atoms with Crippen molar-refractivity contribution < 1.29 is 9.53 Å². The zero-order chi connectivity index (χ0) is 22.5. The molecule has 1 aromatic heterocycles. The maximum atomic E-state index is 12.7. The third kappa shape index (κ3) is 5.49. The second-order valence-corrected chi connectivity index (χ2v) is 8.20. The van der Waals surface area contributed by atoms with Crippen molar-refractivity contribution in [2.75, 3.05) is 5.32 Å². The van der Waals surface area contributed by atoms with E-state index in [0.29, 0.717) is 33.6 Å². The number of hydrogen-bond acceptors (Lipinski definition) is 3. The van der Waals surface area contributed by atoms with Crippen LogP contribution < -0.4 is 10.1 Å². The summed E-state index contributed by atoms with van der Waals surface area (Å²) in [7, 11) is 0. The first-order valence-electron chi connectivity index (χ1n) is 10.0. The number of carbonyl (C=O) groups is 1. The van der Waals surface area contributed by atoms with Gasteiger partial charge in [-0.3, -0.25) is 9.48 Å². The Hall–Kier alpha value is -3.28. The molecule has 3 aromatic carbocycles. The molecule has 5 nitrogen and oxygen atoms in total. The molecule has 4 aromatic rings. The molecule has 0 atom stereocenters. The number of rotatable bonds is 7. The molecule has 1 amide bonds. The first kappa shape index (κ1) is 21.9. The predicted octanol–water partition coefficient (Wildman–Crippen LogP) is 6.38. The fourth-order valence-electron chi connectivity index (χ4n) is 3.27. The lowest BCUT2D eigenvalue weighted by molar-refractivity contribution is 0.102. The van der Waals surface area contributed by atoms with Crippen LogP contribution >= 0.6 is 23.2 Å². The molecular formula is C25H21Cl2N3O2. The van der Waals surface area contributed by atoms with Gasteiger partial charge in [0.1, 0.15) is 17.4 Å². The maximum Gasteiger partial charge on any atom is 0.255 e. The minimum Gasteiger partial charge on any atom is -0.487 e. The lowest BCUT2D eigenvalue weighted by atomic mass is 10.1. The third-order valence-electron chi connectivity index (χ3n) is 4.82. The van der Waals surface area contributed by atoms with E-state index in [1.807, 2.05) is 24.4 Å². The van der Waals surface area contributed by atoms with Crippen molar-refractivity contribution in [3.05, 3.63) is 111 Å². The van der Waals surface area contributed by atoms with Crippen molar-refractivity contribution in [2.45, 2.75) is 20.1 Å². The Morgan fingerprint density at radius 2 is 1.81 bits per heavy atom. The summed E-state index contributed by atoms with van der Waals surface area (Å²) in [5.41, 5.74) is 4.34. The van der Waals surface area contributed by atoms with E-state index >= 15 is 0 Å². The Bertz CT molecular complexity index is 1250. The number of nitrogens with one attached hydrogen (secondary N) is 1. The van der Waals surface area contributed by atoms with Gasteiger partial charge in [-0.15, -0.1) is 0 Å². The fraction of sp³-hybridized carbons (Fsp3) is 0.120. The molecule has 4 rings (SSSR count). The van der Waals surface area contributed by atoms with Gasteiger partial charge in [-0.25, -0.2) is 0 Å². The van der Waals surface area contributed by atoms with Crippen molar-refractivity contribution in [3.8, 4) is 5.75 Å². The molecular weight excluding hydrogens is 445 g/mol. The van der Waals surface area contributed by atoms with Gasteiger partial charge in [0.2, 0.25) is 0 Å². The van der Waals surface area contributed by atoms with Gasteiger partial charge in [-0.1, -0.05) is 71.2 Å². The Morgan fingerprint density at radius 1 is 1.03 bits per heavy atom. The fourth-order valence-corrected chi connectivity index (χ4v) is 3.62. The molecule has 162 valence electrons. The monoisotopic (exact) mass is 465 g/mol. The van der Waals surface area contributed by atoms with Crippen molar-refractivity contribution in [3.63, 3.8) is 0 Å². The van der Waals surface area contributed by atoms with Crippen molar-refractivity contribution in [1.29, 1.82) is 0 Å². The van der Waals surface area contributed by atoms with E-state index < -0.39 is 0 Å². The average Bonchev–Trinajstić information content (AvgIpc) is 3.21. The minimum absolute atomic E-state index is 0.220. The van der Waals surface area contributed by atoms with Crippen LogP contribution in [-0.2, 0) is 13.2 Å². The van der Waals surface area contributed by atoms with Gasteiger partial charge in [-0.2, -0.15) is 5.10 Å². The van der Waals surface area contributed by atoms with Crippen LogP contribution in [0.5, 0.6) is 5.75 Å². The normalized spacial score (nSPS) is 10.7. The Kier molecular flexibility index (Phi) is 6.78. The summed E-state index contributed by atoms with van der Waals surface area (Å²) in [5.74, 6) is 0.276. The highest BCUT2D eigenvalue weighted by molar-refractivity contribution is 6.42. The van der Waals surface area contributed by atoms with E-state index in [4.69, 9.17) is 27.9 Å². The molecule has 0 aliphatic heterocycles. The number of carbonyl (C=O) groups excluding carboxylic acids is 1. The first-order valence-corrected chi connectivity index (χ1v) is 10.8. The van der Waals surface area contributed by atoms with Gasteiger partial charge in [0.05, 0.1) is 23.5 Å². The lowest BCUT2D eigenvalue weighted by Crippen LogP contribution is -2.12. The summed E-state index contributed by atoms with van der Waals surface area (Å²) in [6.45, 7) is 2.95. The van der Waals surface area contributed by atoms with Gasteiger partial charge < -0.3 is 10.1 Å². The molecule has 0 spiro atoms. The number of benzene rings is 3.